The maximum Gasteiger partial charge on any atom is 0.387 e. The van der Waals surface area contributed by atoms with E-state index in [-0.39, 0.29) is 17.7 Å². The summed E-state index contributed by atoms with van der Waals surface area (Å²) in [4.78, 5) is 12.0. The van der Waals surface area contributed by atoms with Crippen LogP contribution >= 0.6 is 0 Å². The van der Waals surface area contributed by atoms with Crippen LogP contribution in [-0.4, -0.2) is 37.7 Å². The van der Waals surface area contributed by atoms with Crippen molar-refractivity contribution < 1.29 is 18.3 Å². The number of alkyl halides is 2. The zero-order valence-electron chi connectivity index (χ0n) is 11.0. The highest BCUT2D eigenvalue weighted by Gasteiger charge is 2.23. The molecule has 1 saturated heterocycles. The Hall–Kier alpha value is -1.73. The monoisotopic (exact) mass is 285 g/mol. The molecule has 1 heterocycles. The molecule has 2 rings (SSSR count). The summed E-state index contributed by atoms with van der Waals surface area (Å²) >= 11 is 0. The molecule has 0 aromatic heterocycles. The van der Waals surface area contributed by atoms with Crippen LogP contribution in [0.1, 0.15) is 6.92 Å². The van der Waals surface area contributed by atoms with E-state index in [1.807, 2.05) is 6.92 Å². The molecule has 20 heavy (non-hydrogen) atoms. The number of halogens is 2. The van der Waals surface area contributed by atoms with Gasteiger partial charge in [0.25, 0.3) is 0 Å². The largest absolute Gasteiger partial charge is 0.435 e. The molecule has 1 fully saturated rings. The van der Waals surface area contributed by atoms with Crippen molar-refractivity contribution in [1.82, 2.24) is 10.6 Å². The van der Waals surface area contributed by atoms with E-state index in [0.29, 0.717) is 18.3 Å². The Bertz CT molecular complexity index is 445. The summed E-state index contributed by atoms with van der Waals surface area (Å²) in [6.07, 6.45) is 0. The summed E-state index contributed by atoms with van der Waals surface area (Å²) in [5, 5.41) is 9.05. The van der Waals surface area contributed by atoms with Crippen LogP contribution in [0, 0.1) is 0 Å². The second-order valence-corrected chi connectivity index (χ2v) is 4.66. The van der Waals surface area contributed by atoms with Gasteiger partial charge in [-0.2, -0.15) is 8.78 Å². The second kappa shape index (κ2) is 6.62. The normalized spacial score (nSPS) is 22.6. The van der Waals surface area contributed by atoms with Crippen molar-refractivity contribution in [2.75, 3.05) is 18.4 Å². The van der Waals surface area contributed by atoms with Crippen LogP contribution in [0.4, 0.5) is 14.5 Å². The van der Waals surface area contributed by atoms with Crippen molar-refractivity contribution in [3.63, 3.8) is 0 Å². The number of hydrogen-bond acceptors (Lipinski definition) is 4. The van der Waals surface area contributed by atoms with Crippen molar-refractivity contribution in [2.24, 2.45) is 0 Å². The van der Waals surface area contributed by atoms with E-state index in [9.17, 15) is 13.6 Å². The minimum Gasteiger partial charge on any atom is -0.435 e. The number of rotatable bonds is 4. The zero-order chi connectivity index (χ0) is 14.5. The third-order valence-electron chi connectivity index (χ3n) is 3.00. The Morgan fingerprint density at radius 1 is 1.30 bits per heavy atom. The molecule has 0 aliphatic carbocycles. The predicted octanol–water partition coefficient (Wildman–Crippen LogP) is 1.18. The van der Waals surface area contributed by atoms with Crippen molar-refractivity contribution in [1.29, 1.82) is 0 Å². The first-order valence-electron chi connectivity index (χ1n) is 6.37. The lowest BCUT2D eigenvalue weighted by Gasteiger charge is -2.28. The van der Waals surface area contributed by atoms with E-state index in [2.05, 4.69) is 20.7 Å². The molecule has 2 atom stereocenters. The molecule has 0 saturated carbocycles. The molecular weight excluding hydrogens is 268 g/mol. The maximum absolute atomic E-state index is 12.0. The van der Waals surface area contributed by atoms with Gasteiger partial charge in [0.15, 0.2) is 0 Å². The fraction of sp³-hybridized carbons (Fsp3) is 0.462. The quantitative estimate of drug-likeness (QED) is 0.777. The van der Waals surface area contributed by atoms with Gasteiger partial charge in [0.1, 0.15) is 5.75 Å². The summed E-state index contributed by atoms with van der Waals surface area (Å²) in [6, 6.07) is 5.85. The van der Waals surface area contributed by atoms with E-state index in [4.69, 9.17) is 0 Å². The van der Waals surface area contributed by atoms with E-state index in [1.54, 1.807) is 0 Å². The van der Waals surface area contributed by atoms with Crippen molar-refractivity contribution in [3.05, 3.63) is 24.3 Å². The van der Waals surface area contributed by atoms with E-state index in [0.717, 1.165) is 6.54 Å². The lowest BCUT2D eigenvalue weighted by atomic mass is 10.1. The topological polar surface area (TPSA) is 62.4 Å². The molecule has 0 radical (unpaired) electrons. The van der Waals surface area contributed by atoms with Crippen LogP contribution in [0.3, 0.4) is 0 Å². The lowest BCUT2D eigenvalue weighted by molar-refractivity contribution is -0.118. The van der Waals surface area contributed by atoms with Crippen molar-refractivity contribution in [3.8, 4) is 5.75 Å². The van der Waals surface area contributed by atoms with Gasteiger partial charge in [-0.1, -0.05) is 0 Å². The van der Waals surface area contributed by atoms with Crippen LogP contribution in [-0.2, 0) is 4.79 Å². The Morgan fingerprint density at radius 3 is 2.55 bits per heavy atom. The molecular formula is C13H17F2N3O2. The smallest absolute Gasteiger partial charge is 0.387 e. The first kappa shape index (κ1) is 14.7. The molecule has 1 amide bonds. The van der Waals surface area contributed by atoms with Crippen LogP contribution in [0.15, 0.2) is 24.3 Å². The first-order chi connectivity index (χ1) is 9.54. The molecule has 1 aromatic carbocycles. The highest BCUT2D eigenvalue weighted by molar-refractivity contribution is 5.95. The Kier molecular flexibility index (Phi) is 4.86. The number of nitrogens with one attached hydrogen (secondary N) is 3. The summed E-state index contributed by atoms with van der Waals surface area (Å²) < 4.78 is 28.2. The van der Waals surface area contributed by atoms with Crippen LogP contribution in [0.25, 0.3) is 0 Å². The number of piperazine rings is 1. The minimum atomic E-state index is -2.85. The molecule has 3 N–H and O–H groups in total. The molecule has 1 aliphatic heterocycles. The van der Waals surface area contributed by atoms with Gasteiger partial charge >= 0.3 is 6.61 Å². The highest BCUT2D eigenvalue weighted by Crippen LogP contribution is 2.17. The fourth-order valence-corrected chi connectivity index (χ4v) is 1.92. The number of amides is 1. The fourth-order valence-electron chi connectivity index (χ4n) is 1.92. The number of carbonyl (C=O) groups is 1. The average molecular weight is 285 g/mol. The van der Waals surface area contributed by atoms with E-state index >= 15 is 0 Å². The summed E-state index contributed by atoms with van der Waals surface area (Å²) in [5.74, 6) is -0.101. The van der Waals surface area contributed by atoms with Gasteiger partial charge in [0, 0.05) is 24.8 Å². The Labute approximate surface area is 115 Å². The lowest BCUT2D eigenvalue weighted by Crippen LogP contribution is -2.57. The van der Waals surface area contributed by atoms with Crippen LogP contribution < -0.4 is 20.7 Å². The molecule has 110 valence electrons. The number of anilines is 1. The van der Waals surface area contributed by atoms with Crippen molar-refractivity contribution in [2.45, 2.75) is 25.6 Å². The molecule has 0 bridgehead atoms. The maximum atomic E-state index is 12.0. The standard InChI is InChI=1S/C13H17F2N3O2/c1-8-6-17-11(7-16-8)12(19)18-9-2-4-10(5-3-9)20-13(14)15/h2-5,8,11,13,16-17H,6-7H2,1H3,(H,18,19). The third-order valence-corrected chi connectivity index (χ3v) is 3.00. The van der Waals surface area contributed by atoms with E-state index < -0.39 is 6.61 Å². The predicted molar refractivity (Wildman–Crippen MR) is 71.0 cm³/mol. The minimum absolute atomic E-state index is 0.0595. The number of benzene rings is 1. The Balaban J connectivity index is 1.88. The van der Waals surface area contributed by atoms with Gasteiger partial charge in [-0.15, -0.1) is 0 Å². The van der Waals surface area contributed by atoms with Crippen LogP contribution in [0.2, 0.25) is 0 Å². The van der Waals surface area contributed by atoms with Gasteiger partial charge < -0.3 is 20.7 Å². The molecule has 1 aromatic rings. The van der Waals surface area contributed by atoms with Gasteiger partial charge in [0.2, 0.25) is 5.91 Å². The van der Waals surface area contributed by atoms with Gasteiger partial charge in [-0.05, 0) is 31.2 Å². The van der Waals surface area contributed by atoms with Crippen molar-refractivity contribution >= 4 is 11.6 Å². The SMILES string of the molecule is CC1CNC(C(=O)Nc2ccc(OC(F)F)cc2)CN1. The summed E-state index contributed by atoms with van der Waals surface area (Å²) in [6.45, 7) is 0.455. The molecule has 5 nitrogen and oxygen atoms in total. The second-order valence-electron chi connectivity index (χ2n) is 4.66. The Morgan fingerprint density at radius 2 is 2.00 bits per heavy atom. The number of hydrogen-bond donors (Lipinski definition) is 3. The average Bonchev–Trinajstić information content (AvgIpc) is 2.41. The molecule has 2 unspecified atom stereocenters. The molecule has 1 aliphatic rings. The van der Waals surface area contributed by atoms with Gasteiger partial charge in [-0.25, -0.2) is 0 Å². The molecule has 7 heteroatoms. The summed E-state index contributed by atoms with van der Waals surface area (Å²) in [5.41, 5.74) is 0.539. The number of ether oxygens (including phenoxy) is 1. The zero-order valence-corrected chi connectivity index (χ0v) is 11.0. The highest BCUT2D eigenvalue weighted by atomic mass is 19.3. The number of carbonyl (C=O) groups excluding carboxylic acids is 1. The third kappa shape index (κ3) is 4.14. The first-order valence-corrected chi connectivity index (χ1v) is 6.37. The van der Waals surface area contributed by atoms with Crippen LogP contribution in [0.5, 0.6) is 5.75 Å². The van der Waals surface area contributed by atoms with Gasteiger partial charge in [-0.3, -0.25) is 4.79 Å². The summed E-state index contributed by atoms with van der Waals surface area (Å²) in [7, 11) is 0. The van der Waals surface area contributed by atoms with Gasteiger partial charge in [0.05, 0.1) is 6.04 Å². The molecule has 0 spiro atoms. The van der Waals surface area contributed by atoms with E-state index in [1.165, 1.54) is 24.3 Å².